The van der Waals surface area contributed by atoms with Crippen molar-refractivity contribution in [1.82, 2.24) is 14.1 Å². The van der Waals surface area contributed by atoms with Crippen molar-refractivity contribution in [3.05, 3.63) is 57.0 Å². The fourth-order valence-corrected chi connectivity index (χ4v) is 4.15. The number of ether oxygens (including phenoxy) is 3. The summed E-state index contributed by atoms with van der Waals surface area (Å²) in [7, 11) is 6.42. The zero-order valence-corrected chi connectivity index (χ0v) is 19.5. The van der Waals surface area contributed by atoms with Crippen molar-refractivity contribution >= 4 is 21.9 Å². The number of fused-ring (bicyclic) bond motifs is 2. The number of hydrogen-bond acceptors (Lipinski definition) is 6. The molecule has 0 aliphatic heterocycles. The van der Waals surface area contributed by atoms with Crippen molar-refractivity contribution in [3.8, 4) is 28.6 Å². The van der Waals surface area contributed by atoms with Gasteiger partial charge in [-0.2, -0.15) is 0 Å². The molecule has 0 unspecified atom stereocenters. The van der Waals surface area contributed by atoms with Gasteiger partial charge in [0, 0.05) is 24.5 Å². The number of hydrogen-bond donors (Lipinski definition) is 0. The molecule has 0 aliphatic carbocycles. The molecule has 0 radical (unpaired) electrons. The van der Waals surface area contributed by atoms with Crippen LogP contribution in [-0.4, -0.2) is 35.4 Å². The molecule has 2 aromatic heterocycles. The highest BCUT2D eigenvalue weighted by Crippen LogP contribution is 2.40. The molecule has 172 valence electrons. The van der Waals surface area contributed by atoms with Crippen LogP contribution in [0.15, 0.2) is 46.0 Å². The zero-order chi connectivity index (χ0) is 23.7. The summed E-state index contributed by atoms with van der Waals surface area (Å²) in [4.78, 5) is 31.8. The van der Waals surface area contributed by atoms with Gasteiger partial charge in [0.1, 0.15) is 11.2 Å². The Hall–Kier alpha value is -3.81. The van der Waals surface area contributed by atoms with Crippen LogP contribution in [0, 0.1) is 0 Å². The van der Waals surface area contributed by atoms with E-state index in [1.54, 1.807) is 33.4 Å². The third-order valence-electron chi connectivity index (χ3n) is 5.86. The minimum atomic E-state index is -0.358. The molecule has 0 spiro atoms. The molecule has 0 fully saturated rings. The van der Waals surface area contributed by atoms with E-state index in [4.69, 9.17) is 19.2 Å². The van der Waals surface area contributed by atoms with Crippen LogP contribution in [0.3, 0.4) is 0 Å². The molecule has 0 bridgehead atoms. The summed E-state index contributed by atoms with van der Waals surface area (Å²) in [5, 5.41) is 0.581. The Bertz CT molecular complexity index is 1440. The maximum atomic E-state index is 13.7. The second-order valence-corrected chi connectivity index (χ2v) is 7.76. The summed E-state index contributed by atoms with van der Waals surface area (Å²) >= 11 is 0. The van der Waals surface area contributed by atoms with Crippen LogP contribution in [0.5, 0.6) is 17.2 Å². The molecule has 33 heavy (non-hydrogen) atoms. The molecule has 0 N–H and O–H groups in total. The van der Waals surface area contributed by atoms with E-state index in [0.717, 1.165) is 12.8 Å². The van der Waals surface area contributed by atoms with Gasteiger partial charge in [-0.1, -0.05) is 25.5 Å². The molecule has 8 heteroatoms. The van der Waals surface area contributed by atoms with Crippen LogP contribution < -0.4 is 25.2 Å². The van der Waals surface area contributed by atoms with E-state index >= 15 is 0 Å². The summed E-state index contributed by atoms with van der Waals surface area (Å²) in [5.74, 6) is 1.79. The summed E-state index contributed by atoms with van der Waals surface area (Å²) in [6, 6.07) is 10.8. The van der Waals surface area contributed by atoms with Gasteiger partial charge >= 0.3 is 0 Å². The minimum absolute atomic E-state index is 0.0866. The second-order valence-electron chi connectivity index (χ2n) is 7.76. The Labute approximate surface area is 191 Å². The lowest BCUT2D eigenvalue weighted by Gasteiger charge is -2.18. The van der Waals surface area contributed by atoms with Crippen molar-refractivity contribution < 1.29 is 14.2 Å². The summed E-state index contributed by atoms with van der Waals surface area (Å²) in [5.41, 5.74) is 1.01. The van der Waals surface area contributed by atoms with Crippen LogP contribution >= 0.6 is 0 Å². The first-order valence-electron chi connectivity index (χ1n) is 10.8. The molecule has 0 amide bonds. The van der Waals surface area contributed by atoms with Gasteiger partial charge < -0.3 is 18.8 Å². The smallest absolute Gasteiger partial charge is 0.267 e. The van der Waals surface area contributed by atoms with Gasteiger partial charge in [-0.15, -0.1) is 0 Å². The average molecular weight is 450 g/mol. The largest absolute Gasteiger partial charge is 0.493 e. The van der Waals surface area contributed by atoms with Gasteiger partial charge in [0.25, 0.3) is 5.56 Å². The van der Waals surface area contributed by atoms with Crippen LogP contribution in [0.2, 0.25) is 0 Å². The third-order valence-corrected chi connectivity index (χ3v) is 5.86. The van der Waals surface area contributed by atoms with Crippen molar-refractivity contribution in [2.24, 2.45) is 7.05 Å². The quantitative estimate of drug-likeness (QED) is 0.400. The van der Waals surface area contributed by atoms with E-state index in [9.17, 15) is 9.59 Å². The number of aryl methyl sites for hydroxylation is 1. The molecule has 4 aromatic rings. The number of pyridine rings is 1. The third kappa shape index (κ3) is 3.61. The Morgan fingerprint density at radius 2 is 1.64 bits per heavy atom. The average Bonchev–Trinajstić information content (AvgIpc) is 2.85. The van der Waals surface area contributed by atoms with Crippen LogP contribution in [0.25, 0.3) is 33.3 Å². The molecular formula is C25H27N3O5. The van der Waals surface area contributed by atoms with E-state index in [0.29, 0.717) is 51.7 Å². The molecule has 8 nitrogen and oxygen atoms in total. The fourth-order valence-electron chi connectivity index (χ4n) is 4.15. The van der Waals surface area contributed by atoms with Crippen molar-refractivity contribution in [1.29, 1.82) is 0 Å². The highest BCUT2D eigenvalue weighted by molar-refractivity contribution is 5.92. The molecule has 2 aromatic carbocycles. The van der Waals surface area contributed by atoms with Crippen LogP contribution in [0.4, 0.5) is 0 Å². The second kappa shape index (κ2) is 8.97. The summed E-state index contributed by atoms with van der Waals surface area (Å²) in [6.45, 7) is 2.48. The molecule has 2 heterocycles. The van der Waals surface area contributed by atoms with E-state index in [-0.39, 0.29) is 16.4 Å². The van der Waals surface area contributed by atoms with E-state index < -0.39 is 0 Å². The van der Waals surface area contributed by atoms with E-state index in [1.165, 1.54) is 21.3 Å². The van der Waals surface area contributed by atoms with Gasteiger partial charge in [0.2, 0.25) is 11.2 Å². The topological polar surface area (TPSA) is 84.6 Å². The summed E-state index contributed by atoms with van der Waals surface area (Å²) < 4.78 is 19.8. The number of benzene rings is 2. The molecule has 0 atom stereocenters. The Kier molecular flexibility index (Phi) is 6.09. The highest BCUT2D eigenvalue weighted by Gasteiger charge is 2.21. The lowest BCUT2D eigenvalue weighted by molar-refractivity contribution is 0.324. The SMILES string of the molecule is CCCCn1c(-c2cc(OC)c(OC)c(OC)c2)nc2c(c(=O)c3ccccc3n2C)c1=O. The van der Waals surface area contributed by atoms with Crippen LogP contribution in [0.1, 0.15) is 19.8 Å². The van der Waals surface area contributed by atoms with Crippen LogP contribution in [-0.2, 0) is 13.6 Å². The minimum Gasteiger partial charge on any atom is -0.493 e. The summed E-state index contributed by atoms with van der Waals surface area (Å²) in [6.07, 6.45) is 1.65. The first-order valence-corrected chi connectivity index (χ1v) is 10.8. The number of nitrogens with zero attached hydrogens (tertiary/aromatic N) is 3. The maximum Gasteiger partial charge on any atom is 0.267 e. The number of para-hydroxylation sites is 1. The highest BCUT2D eigenvalue weighted by atomic mass is 16.5. The number of methoxy groups -OCH3 is 3. The first kappa shape index (κ1) is 22.4. The maximum absolute atomic E-state index is 13.7. The normalized spacial score (nSPS) is 11.2. The van der Waals surface area contributed by atoms with Gasteiger partial charge in [-0.3, -0.25) is 14.2 Å². The number of rotatable bonds is 7. The van der Waals surface area contributed by atoms with Gasteiger partial charge in [0.05, 0.1) is 26.8 Å². The predicted molar refractivity (Wildman–Crippen MR) is 129 cm³/mol. The van der Waals surface area contributed by atoms with Gasteiger partial charge in [-0.25, -0.2) is 4.98 Å². The number of aromatic nitrogens is 3. The molecular weight excluding hydrogens is 422 g/mol. The Balaban J connectivity index is 2.15. The lowest BCUT2D eigenvalue weighted by Crippen LogP contribution is -2.29. The van der Waals surface area contributed by atoms with E-state index in [2.05, 4.69) is 0 Å². The monoisotopic (exact) mass is 449 g/mol. The number of unbranched alkanes of at least 4 members (excludes halogenated alkanes) is 1. The first-order chi connectivity index (χ1) is 16.0. The Morgan fingerprint density at radius 1 is 0.970 bits per heavy atom. The van der Waals surface area contributed by atoms with Gasteiger partial charge in [-0.05, 0) is 30.7 Å². The fraction of sp³-hybridized carbons (Fsp3) is 0.320. The molecule has 0 aliphatic rings. The molecule has 4 rings (SSSR count). The Morgan fingerprint density at radius 3 is 2.24 bits per heavy atom. The van der Waals surface area contributed by atoms with Crippen molar-refractivity contribution in [2.75, 3.05) is 21.3 Å². The van der Waals surface area contributed by atoms with E-state index in [1.807, 2.05) is 26.1 Å². The van der Waals surface area contributed by atoms with Crippen molar-refractivity contribution in [3.63, 3.8) is 0 Å². The predicted octanol–water partition coefficient (Wildman–Crippen LogP) is 3.74. The van der Waals surface area contributed by atoms with Gasteiger partial charge in [0.15, 0.2) is 17.1 Å². The molecule has 0 saturated carbocycles. The standard InChI is InChI=1S/C25H27N3O5/c1-6-7-12-28-23(15-13-18(31-3)22(33-5)19(14-15)32-4)26-24-20(25(28)30)21(29)16-10-8-9-11-17(16)27(24)2/h8-11,13-14H,6-7,12H2,1-5H3. The van der Waals surface area contributed by atoms with Crippen molar-refractivity contribution in [2.45, 2.75) is 26.3 Å². The zero-order valence-electron chi connectivity index (χ0n) is 19.5. The lowest BCUT2D eigenvalue weighted by atomic mass is 10.1. The molecule has 0 saturated heterocycles.